The summed E-state index contributed by atoms with van der Waals surface area (Å²) in [6.45, 7) is 12.8. The van der Waals surface area contributed by atoms with E-state index >= 15 is 0 Å². The van der Waals surface area contributed by atoms with Crippen molar-refractivity contribution in [3.63, 3.8) is 0 Å². The van der Waals surface area contributed by atoms with Gasteiger partial charge in [0.1, 0.15) is 0 Å². The second-order valence-corrected chi connectivity index (χ2v) is 6.23. The van der Waals surface area contributed by atoms with Crippen LogP contribution in [0.3, 0.4) is 0 Å². The summed E-state index contributed by atoms with van der Waals surface area (Å²) in [4.78, 5) is 14.4. The summed E-state index contributed by atoms with van der Waals surface area (Å²) in [6, 6.07) is 0. The number of carbonyl (C=O) groups is 1. The molecule has 1 N–H and O–H groups in total. The fourth-order valence-corrected chi connectivity index (χ4v) is 2.85. The van der Waals surface area contributed by atoms with Gasteiger partial charge in [-0.3, -0.25) is 4.79 Å². The first-order chi connectivity index (χ1) is 9.08. The van der Waals surface area contributed by atoms with Gasteiger partial charge in [0.15, 0.2) is 0 Å². The summed E-state index contributed by atoms with van der Waals surface area (Å²) in [5.74, 6) is 2.14. The molecule has 3 nitrogen and oxygen atoms in total. The van der Waals surface area contributed by atoms with Crippen molar-refractivity contribution in [3.8, 4) is 0 Å². The van der Waals surface area contributed by atoms with Gasteiger partial charge in [-0.25, -0.2) is 0 Å². The van der Waals surface area contributed by atoms with E-state index in [1.165, 1.54) is 12.8 Å². The van der Waals surface area contributed by atoms with Gasteiger partial charge in [-0.2, -0.15) is 0 Å². The van der Waals surface area contributed by atoms with Crippen molar-refractivity contribution in [1.82, 2.24) is 10.2 Å². The molecular weight excluding hydrogens is 236 g/mol. The van der Waals surface area contributed by atoms with Crippen molar-refractivity contribution >= 4 is 5.91 Å². The first-order valence-corrected chi connectivity index (χ1v) is 8.06. The van der Waals surface area contributed by atoms with Gasteiger partial charge in [0.2, 0.25) is 5.91 Å². The van der Waals surface area contributed by atoms with Gasteiger partial charge in [0.05, 0.1) is 0 Å². The first-order valence-electron chi connectivity index (χ1n) is 8.06. The van der Waals surface area contributed by atoms with Crippen LogP contribution in [0.1, 0.15) is 53.4 Å². The molecule has 1 aliphatic heterocycles. The maximum absolute atomic E-state index is 12.4. The van der Waals surface area contributed by atoms with E-state index in [0.717, 1.165) is 39.0 Å². The van der Waals surface area contributed by atoms with Crippen LogP contribution in [0.5, 0.6) is 0 Å². The van der Waals surface area contributed by atoms with Gasteiger partial charge in [0, 0.05) is 19.5 Å². The maximum Gasteiger partial charge on any atom is 0.222 e. The number of nitrogens with one attached hydrogen (secondary N) is 1. The number of rotatable bonds is 7. The first kappa shape index (κ1) is 16.5. The Balaban J connectivity index is 2.41. The third-order valence-electron chi connectivity index (χ3n) is 4.60. The lowest BCUT2D eigenvalue weighted by atomic mass is 9.85. The molecule has 112 valence electrons. The molecule has 3 unspecified atom stereocenters. The Bertz CT molecular complexity index is 261. The van der Waals surface area contributed by atoms with Gasteiger partial charge >= 0.3 is 0 Å². The second-order valence-electron chi connectivity index (χ2n) is 6.23. The van der Waals surface area contributed by atoms with Crippen molar-refractivity contribution in [3.05, 3.63) is 0 Å². The lowest BCUT2D eigenvalue weighted by Gasteiger charge is -2.30. The number of hydrogen-bond donors (Lipinski definition) is 1. The molecule has 1 heterocycles. The third kappa shape index (κ3) is 5.52. The van der Waals surface area contributed by atoms with Crippen LogP contribution in [0.4, 0.5) is 0 Å². The van der Waals surface area contributed by atoms with Gasteiger partial charge in [-0.05, 0) is 50.6 Å². The Morgan fingerprint density at radius 2 is 2.11 bits per heavy atom. The van der Waals surface area contributed by atoms with E-state index in [1.807, 2.05) is 4.90 Å². The van der Waals surface area contributed by atoms with Crippen molar-refractivity contribution in [1.29, 1.82) is 0 Å². The molecule has 0 aromatic rings. The van der Waals surface area contributed by atoms with Crippen LogP contribution in [0.25, 0.3) is 0 Å². The summed E-state index contributed by atoms with van der Waals surface area (Å²) in [7, 11) is 0. The second kappa shape index (κ2) is 8.57. The van der Waals surface area contributed by atoms with E-state index in [4.69, 9.17) is 0 Å². The van der Waals surface area contributed by atoms with Crippen LogP contribution in [-0.4, -0.2) is 37.0 Å². The molecule has 1 amide bonds. The number of nitrogens with zero attached hydrogens (tertiary/aromatic N) is 1. The number of hydrogen-bond acceptors (Lipinski definition) is 2. The summed E-state index contributed by atoms with van der Waals surface area (Å²) in [6.07, 6.45) is 4.40. The zero-order valence-electron chi connectivity index (χ0n) is 13.2. The SMILES string of the molecule is CCC(C)CN(CC)C(=O)CC(C)C1CCCNC1. The number of amides is 1. The van der Waals surface area contributed by atoms with Crippen LogP contribution >= 0.6 is 0 Å². The molecule has 0 spiro atoms. The topological polar surface area (TPSA) is 32.3 Å². The molecule has 0 aliphatic carbocycles. The molecule has 19 heavy (non-hydrogen) atoms. The monoisotopic (exact) mass is 268 g/mol. The van der Waals surface area contributed by atoms with Crippen molar-refractivity contribution < 1.29 is 4.79 Å². The Morgan fingerprint density at radius 1 is 1.37 bits per heavy atom. The highest BCUT2D eigenvalue weighted by Gasteiger charge is 2.24. The van der Waals surface area contributed by atoms with Crippen LogP contribution in [0.15, 0.2) is 0 Å². The minimum absolute atomic E-state index is 0.348. The van der Waals surface area contributed by atoms with Crippen molar-refractivity contribution in [2.45, 2.75) is 53.4 Å². The molecular formula is C16H32N2O. The minimum atomic E-state index is 0.348. The highest BCUT2D eigenvalue weighted by atomic mass is 16.2. The zero-order chi connectivity index (χ0) is 14.3. The number of piperidine rings is 1. The molecule has 0 radical (unpaired) electrons. The fraction of sp³-hybridized carbons (Fsp3) is 0.938. The van der Waals surface area contributed by atoms with E-state index in [-0.39, 0.29) is 0 Å². The van der Waals surface area contributed by atoms with Crippen LogP contribution in [0, 0.1) is 17.8 Å². The van der Waals surface area contributed by atoms with E-state index in [2.05, 4.69) is 33.0 Å². The molecule has 0 aromatic carbocycles. The van der Waals surface area contributed by atoms with E-state index in [1.54, 1.807) is 0 Å². The van der Waals surface area contributed by atoms with Gasteiger partial charge < -0.3 is 10.2 Å². The van der Waals surface area contributed by atoms with Crippen molar-refractivity contribution in [2.24, 2.45) is 17.8 Å². The zero-order valence-corrected chi connectivity index (χ0v) is 13.2. The molecule has 1 aliphatic rings. The Labute approximate surface area is 119 Å². The molecule has 0 aromatic heterocycles. The largest absolute Gasteiger partial charge is 0.343 e. The van der Waals surface area contributed by atoms with Crippen molar-refractivity contribution in [2.75, 3.05) is 26.2 Å². The van der Waals surface area contributed by atoms with Crippen LogP contribution in [0.2, 0.25) is 0 Å². The molecule has 3 atom stereocenters. The van der Waals surface area contributed by atoms with Gasteiger partial charge in [-0.1, -0.05) is 27.2 Å². The lowest BCUT2D eigenvalue weighted by Crippen LogP contribution is -2.38. The molecule has 1 saturated heterocycles. The molecule has 0 bridgehead atoms. The normalized spacial score (nSPS) is 22.8. The molecule has 3 heteroatoms. The highest BCUT2D eigenvalue weighted by molar-refractivity contribution is 5.76. The number of carbonyl (C=O) groups excluding carboxylic acids is 1. The lowest BCUT2D eigenvalue weighted by molar-refractivity contribution is -0.133. The molecule has 1 fully saturated rings. The van der Waals surface area contributed by atoms with E-state index in [9.17, 15) is 4.79 Å². The summed E-state index contributed by atoms with van der Waals surface area (Å²) in [5, 5.41) is 3.45. The quantitative estimate of drug-likeness (QED) is 0.770. The average molecular weight is 268 g/mol. The van der Waals surface area contributed by atoms with Crippen LogP contribution < -0.4 is 5.32 Å². The Kier molecular flexibility index (Phi) is 7.44. The average Bonchev–Trinajstić information content (AvgIpc) is 2.45. The van der Waals surface area contributed by atoms with E-state index in [0.29, 0.717) is 23.7 Å². The standard InChI is InChI=1S/C16H32N2O/c1-5-13(3)12-18(6-2)16(19)10-14(4)15-8-7-9-17-11-15/h13-15,17H,5-12H2,1-4H3. The smallest absolute Gasteiger partial charge is 0.222 e. The predicted molar refractivity (Wildman–Crippen MR) is 81.1 cm³/mol. The van der Waals surface area contributed by atoms with Crippen LogP contribution in [-0.2, 0) is 4.79 Å². The van der Waals surface area contributed by atoms with E-state index < -0.39 is 0 Å². The maximum atomic E-state index is 12.4. The summed E-state index contributed by atoms with van der Waals surface area (Å²) >= 11 is 0. The van der Waals surface area contributed by atoms with Gasteiger partial charge in [-0.15, -0.1) is 0 Å². The third-order valence-corrected chi connectivity index (χ3v) is 4.60. The summed E-state index contributed by atoms with van der Waals surface area (Å²) in [5.41, 5.74) is 0. The highest BCUT2D eigenvalue weighted by Crippen LogP contribution is 2.23. The fourth-order valence-electron chi connectivity index (χ4n) is 2.85. The Morgan fingerprint density at radius 3 is 2.63 bits per heavy atom. The predicted octanol–water partition coefficient (Wildman–Crippen LogP) is 2.91. The minimum Gasteiger partial charge on any atom is -0.343 e. The summed E-state index contributed by atoms with van der Waals surface area (Å²) < 4.78 is 0. The molecule has 0 saturated carbocycles. The van der Waals surface area contributed by atoms with Gasteiger partial charge in [0.25, 0.3) is 0 Å². The Hall–Kier alpha value is -0.570. The molecule has 1 rings (SSSR count).